The van der Waals surface area contributed by atoms with E-state index in [1.165, 1.54) is 12.5 Å². The van der Waals surface area contributed by atoms with Crippen molar-refractivity contribution in [2.75, 3.05) is 0 Å². The van der Waals surface area contributed by atoms with E-state index >= 15 is 0 Å². The molecule has 1 amide bonds. The maximum atomic E-state index is 13.2. The Morgan fingerprint density at radius 2 is 1.70 bits per heavy atom. The summed E-state index contributed by atoms with van der Waals surface area (Å²) in [6.07, 6.45) is -0.434. The highest BCUT2D eigenvalue weighted by atomic mass is 35.5. The number of nitrogens with one attached hydrogen (secondary N) is 1. The summed E-state index contributed by atoms with van der Waals surface area (Å²) in [7, 11) is 1.98. The molecule has 0 saturated carbocycles. The van der Waals surface area contributed by atoms with Crippen LogP contribution < -0.4 is 10.1 Å². The molecule has 4 rings (SSSR count). The molecule has 0 fully saturated rings. The number of nitrogens with zero attached hydrogens (tertiary/aromatic N) is 1. The molecule has 0 radical (unpaired) electrons. The summed E-state index contributed by atoms with van der Waals surface area (Å²) < 4.78 is 7.63. The van der Waals surface area contributed by atoms with E-state index in [-0.39, 0.29) is 17.4 Å². The lowest BCUT2D eigenvalue weighted by molar-refractivity contribution is -0.144. The molecule has 6 nitrogen and oxygen atoms in total. The number of carbonyl (C=O) groups is 2. The number of carbonyl (C=O) groups excluding carboxylic acids is 1. The second-order valence-electron chi connectivity index (χ2n) is 11.5. The van der Waals surface area contributed by atoms with E-state index < -0.39 is 12.1 Å². The molecule has 210 valence electrons. The fourth-order valence-corrected chi connectivity index (χ4v) is 5.03. The molecule has 3 aromatic carbocycles. The Morgan fingerprint density at radius 3 is 2.33 bits per heavy atom. The lowest BCUT2D eigenvalue weighted by Crippen LogP contribution is -2.26. The van der Waals surface area contributed by atoms with Crippen LogP contribution in [-0.4, -0.2) is 27.7 Å². The van der Waals surface area contributed by atoms with Crippen molar-refractivity contribution in [3.05, 3.63) is 99.2 Å². The van der Waals surface area contributed by atoms with Crippen molar-refractivity contribution in [1.29, 1.82) is 0 Å². The molecule has 2 N–H and O–H groups in total. The monoisotopic (exact) mass is 560 g/mol. The quantitative estimate of drug-likeness (QED) is 0.236. The number of benzene rings is 3. The highest BCUT2D eigenvalue weighted by Gasteiger charge is 2.19. The van der Waals surface area contributed by atoms with Crippen LogP contribution in [0.3, 0.4) is 0 Å². The summed E-state index contributed by atoms with van der Waals surface area (Å²) in [5.74, 6) is -0.711. The predicted molar refractivity (Wildman–Crippen MR) is 161 cm³/mol. The molecule has 4 aromatic rings. The van der Waals surface area contributed by atoms with Gasteiger partial charge in [-0.05, 0) is 78.8 Å². The Morgan fingerprint density at radius 1 is 1.02 bits per heavy atom. The van der Waals surface area contributed by atoms with Gasteiger partial charge in [0.05, 0.1) is 6.04 Å². The smallest absolute Gasteiger partial charge is 0.344 e. The minimum absolute atomic E-state index is 0.0767. The standard InChI is InChI=1S/C33H37ClN2O4/c1-19(22-8-11-25(12-9-22)33(4,5)6)35-31(37)23-10-14-27-28(20(2)36(7)30(27)18-23)17-24-16-26(13-15-29(24)34)40-21(3)32(38)39/h8-16,18-19,21H,17H2,1-7H3,(H,35,37)(H,38,39)/t19-,21+/m0/s1. The van der Waals surface area contributed by atoms with Gasteiger partial charge in [-0.15, -0.1) is 0 Å². The lowest BCUT2D eigenvalue weighted by Gasteiger charge is -2.20. The molecule has 7 heteroatoms. The average Bonchev–Trinajstić information content (AvgIpc) is 3.14. The van der Waals surface area contributed by atoms with Crippen LogP contribution in [0.2, 0.25) is 5.02 Å². The number of halogens is 1. The van der Waals surface area contributed by atoms with Gasteiger partial charge in [0.15, 0.2) is 6.10 Å². The summed E-state index contributed by atoms with van der Waals surface area (Å²) in [6, 6.07) is 19.2. The molecule has 0 bridgehead atoms. The topological polar surface area (TPSA) is 80.6 Å². The normalized spacial score (nSPS) is 13.2. The van der Waals surface area contributed by atoms with E-state index in [4.69, 9.17) is 16.3 Å². The van der Waals surface area contributed by atoms with Crippen LogP contribution in [0.15, 0.2) is 60.7 Å². The summed E-state index contributed by atoms with van der Waals surface area (Å²) in [6.45, 7) is 12.1. The molecule has 0 saturated heterocycles. The van der Waals surface area contributed by atoms with Gasteiger partial charge < -0.3 is 19.7 Å². The maximum Gasteiger partial charge on any atom is 0.344 e. The van der Waals surface area contributed by atoms with Crippen LogP contribution in [0.5, 0.6) is 5.75 Å². The zero-order valence-corrected chi connectivity index (χ0v) is 24.9. The van der Waals surface area contributed by atoms with E-state index in [1.54, 1.807) is 18.2 Å². The Labute approximate surface area is 240 Å². The van der Waals surface area contributed by atoms with E-state index in [9.17, 15) is 14.7 Å². The first-order chi connectivity index (χ1) is 18.8. The first-order valence-electron chi connectivity index (χ1n) is 13.4. The maximum absolute atomic E-state index is 13.2. The third-order valence-electron chi connectivity index (χ3n) is 7.56. The predicted octanol–water partition coefficient (Wildman–Crippen LogP) is 7.37. The number of hydrogen-bond donors (Lipinski definition) is 2. The third kappa shape index (κ3) is 6.18. The van der Waals surface area contributed by atoms with Crippen LogP contribution >= 0.6 is 11.6 Å². The molecule has 0 aliphatic carbocycles. The third-order valence-corrected chi connectivity index (χ3v) is 7.92. The van der Waals surface area contributed by atoms with Gasteiger partial charge in [-0.25, -0.2) is 4.79 Å². The van der Waals surface area contributed by atoms with Crippen molar-refractivity contribution in [3.63, 3.8) is 0 Å². The van der Waals surface area contributed by atoms with Gasteiger partial charge in [0.25, 0.3) is 5.91 Å². The molecule has 0 unspecified atom stereocenters. The molecular formula is C33H37ClN2O4. The van der Waals surface area contributed by atoms with Crippen molar-refractivity contribution in [2.24, 2.45) is 7.05 Å². The number of rotatable bonds is 8. The number of amides is 1. The number of aryl methyl sites for hydroxylation is 1. The van der Waals surface area contributed by atoms with Gasteiger partial charge in [-0.3, -0.25) is 4.79 Å². The van der Waals surface area contributed by atoms with Crippen molar-refractivity contribution >= 4 is 34.4 Å². The van der Waals surface area contributed by atoms with Crippen LogP contribution in [-0.2, 0) is 23.7 Å². The fourth-order valence-electron chi connectivity index (χ4n) is 4.85. The summed E-state index contributed by atoms with van der Waals surface area (Å²) in [4.78, 5) is 24.4. The Balaban J connectivity index is 1.57. The number of fused-ring (bicyclic) bond motifs is 1. The second kappa shape index (κ2) is 11.4. The van der Waals surface area contributed by atoms with Gasteiger partial charge >= 0.3 is 5.97 Å². The minimum Gasteiger partial charge on any atom is -0.479 e. The average molecular weight is 561 g/mol. The number of ether oxygens (including phenoxy) is 1. The molecule has 40 heavy (non-hydrogen) atoms. The molecule has 1 aromatic heterocycles. The summed E-state index contributed by atoms with van der Waals surface area (Å²) >= 11 is 6.52. The van der Waals surface area contributed by atoms with Gasteiger partial charge in [0, 0.05) is 40.7 Å². The van der Waals surface area contributed by atoms with Crippen LogP contribution in [0.1, 0.15) is 79.0 Å². The fraction of sp³-hybridized carbons (Fsp3) is 0.333. The first-order valence-corrected chi connectivity index (χ1v) is 13.8. The van der Waals surface area contributed by atoms with E-state index in [2.05, 4.69) is 54.9 Å². The van der Waals surface area contributed by atoms with E-state index in [0.29, 0.717) is 22.8 Å². The van der Waals surface area contributed by atoms with Crippen LogP contribution in [0, 0.1) is 6.92 Å². The summed E-state index contributed by atoms with van der Waals surface area (Å²) in [5.41, 5.74) is 6.90. The number of hydrogen-bond acceptors (Lipinski definition) is 3. The van der Waals surface area contributed by atoms with Crippen molar-refractivity contribution in [1.82, 2.24) is 9.88 Å². The SMILES string of the molecule is Cc1c(Cc2cc(O[C@H](C)C(=O)O)ccc2Cl)c2ccc(C(=O)N[C@@H](C)c3ccc(C(C)(C)C)cc3)cc2n1C. The molecule has 0 aliphatic rings. The van der Waals surface area contributed by atoms with Gasteiger partial charge in [0.2, 0.25) is 0 Å². The van der Waals surface area contributed by atoms with Crippen molar-refractivity contribution in [3.8, 4) is 5.75 Å². The van der Waals surface area contributed by atoms with E-state index in [0.717, 1.165) is 33.3 Å². The Kier molecular flexibility index (Phi) is 8.31. The molecular weight excluding hydrogens is 524 g/mol. The van der Waals surface area contributed by atoms with E-state index in [1.807, 2.05) is 39.1 Å². The minimum atomic E-state index is -1.03. The largest absolute Gasteiger partial charge is 0.479 e. The molecule has 1 heterocycles. The Bertz CT molecular complexity index is 1560. The highest BCUT2D eigenvalue weighted by Crippen LogP contribution is 2.32. The lowest BCUT2D eigenvalue weighted by atomic mass is 9.86. The molecule has 0 spiro atoms. The Hall–Kier alpha value is -3.77. The number of carboxylic acid groups (broad SMARTS) is 1. The van der Waals surface area contributed by atoms with Gasteiger partial charge in [-0.1, -0.05) is 62.7 Å². The molecule has 0 aliphatic heterocycles. The zero-order valence-electron chi connectivity index (χ0n) is 24.1. The van der Waals surface area contributed by atoms with Crippen LogP contribution in [0.4, 0.5) is 0 Å². The molecule has 2 atom stereocenters. The zero-order chi connectivity index (χ0) is 29.4. The number of carboxylic acids is 1. The highest BCUT2D eigenvalue weighted by molar-refractivity contribution is 6.31. The van der Waals surface area contributed by atoms with Crippen molar-refractivity contribution in [2.45, 2.75) is 65.5 Å². The first kappa shape index (κ1) is 29.2. The number of aliphatic carboxylic acids is 1. The van der Waals surface area contributed by atoms with Crippen molar-refractivity contribution < 1.29 is 19.4 Å². The number of aromatic nitrogens is 1. The van der Waals surface area contributed by atoms with Gasteiger partial charge in [-0.2, -0.15) is 0 Å². The summed E-state index contributed by atoms with van der Waals surface area (Å²) in [5, 5.41) is 13.9. The second-order valence-corrected chi connectivity index (χ2v) is 11.9. The van der Waals surface area contributed by atoms with Gasteiger partial charge in [0.1, 0.15) is 5.75 Å². The van der Waals surface area contributed by atoms with Crippen LogP contribution in [0.25, 0.3) is 10.9 Å².